The fourth-order valence-corrected chi connectivity index (χ4v) is 1.27. The first-order valence-electron chi connectivity index (χ1n) is 4.77. The highest BCUT2D eigenvalue weighted by atomic mass is 16.5. The van der Waals surface area contributed by atoms with Crippen LogP contribution in [0.25, 0.3) is 11.4 Å². The minimum absolute atomic E-state index is 0.478. The van der Waals surface area contributed by atoms with E-state index in [-0.39, 0.29) is 0 Å². The van der Waals surface area contributed by atoms with Gasteiger partial charge in [-0.1, -0.05) is 18.2 Å². The van der Waals surface area contributed by atoms with E-state index in [1.807, 2.05) is 24.3 Å². The maximum atomic E-state index is 5.08. The van der Waals surface area contributed by atoms with Gasteiger partial charge in [0, 0.05) is 5.56 Å². The first-order valence-corrected chi connectivity index (χ1v) is 4.77. The smallest absolute Gasteiger partial charge is 0.220 e. The van der Waals surface area contributed by atoms with Gasteiger partial charge in [0.25, 0.3) is 0 Å². The molecule has 0 atom stereocenters. The summed E-state index contributed by atoms with van der Waals surface area (Å²) in [6, 6.07) is 12.0. The molecule has 16 heavy (non-hydrogen) atoms. The standard InChI is InChI=1S/C12H11N2O2/c1-15-10-8-11(16-2)14-12(13-10)9-6-4-3-5-7-9/h3-4,6-8H,1-2H3. The molecule has 0 aliphatic heterocycles. The summed E-state index contributed by atoms with van der Waals surface area (Å²) in [4.78, 5) is 8.47. The summed E-state index contributed by atoms with van der Waals surface area (Å²) in [5, 5.41) is 0. The molecule has 2 rings (SSSR count). The van der Waals surface area contributed by atoms with Crippen LogP contribution in [0.15, 0.2) is 30.3 Å². The van der Waals surface area contributed by atoms with E-state index < -0.39 is 0 Å². The van der Waals surface area contributed by atoms with Gasteiger partial charge in [0.1, 0.15) is 0 Å². The van der Waals surface area contributed by atoms with E-state index in [1.54, 1.807) is 20.3 Å². The Morgan fingerprint density at radius 1 is 1.12 bits per heavy atom. The molecular weight excluding hydrogens is 204 g/mol. The van der Waals surface area contributed by atoms with Gasteiger partial charge in [0.2, 0.25) is 11.8 Å². The normalized spacial score (nSPS) is 9.88. The lowest BCUT2D eigenvalue weighted by molar-refractivity contribution is 0.372. The lowest BCUT2D eigenvalue weighted by Crippen LogP contribution is -1.96. The van der Waals surface area contributed by atoms with E-state index in [4.69, 9.17) is 9.47 Å². The molecule has 0 fully saturated rings. The van der Waals surface area contributed by atoms with Crippen molar-refractivity contribution in [3.05, 3.63) is 36.4 Å². The summed E-state index contributed by atoms with van der Waals surface area (Å²) < 4.78 is 10.2. The van der Waals surface area contributed by atoms with Crippen molar-refractivity contribution in [1.82, 2.24) is 9.97 Å². The lowest BCUT2D eigenvalue weighted by Gasteiger charge is -2.05. The molecule has 0 saturated carbocycles. The molecule has 4 heteroatoms. The van der Waals surface area contributed by atoms with E-state index in [1.165, 1.54) is 0 Å². The molecule has 4 nitrogen and oxygen atoms in total. The Hall–Kier alpha value is -2.10. The molecule has 0 amide bonds. The summed E-state index contributed by atoms with van der Waals surface area (Å²) >= 11 is 0. The second-order valence-corrected chi connectivity index (χ2v) is 3.07. The number of ether oxygens (including phenoxy) is 2. The SMILES string of the molecule is COc1cc(OC)nc(-c2c[c]ccc2)n1. The predicted molar refractivity (Wildman–Crippen MR) is 59.4 cm³/mol. The zero-order valence-electron chi connectivity index (χ0n) is 9.10. The Balaban J connectivity index is 2.48. The minimum atomic E-state index is 0.478. The third kappa shape index (κ3) is 2.11. The van der Waals surface area contributed by atoms with Gasteiger partial charge in [-0.2, -0.15) is 9.97 Å². The van der Waals surface area contributed by atoms with Crippen molar-refractivity contribution in [2.45, 2.75) is 0 Å². The summed E-state index contributed by atoms with van der Waals surface area (Å²) in [7, 11) is 3.12. The van der Waals surface area contributed by atoms with Gasteiger partial charge < -0.3 is 9.47 Å². The van der Waals surface area contributed by atoms with Gasteiger partial charge in [-0.05, 0) is 12.1 Å². The number of methoxy groups -OCH3 is 2. The maximum absolute atomic E-state index is 5.08. The Morgan fingerprint density at radius 2 is 1.81 bits per heavy atom. The number of benzene rings is 1. The van der Waals surface area contributed by atoms with Gasteiger partial charge >= 0.3 is 0 Å². The predicted octanol–water partition coefficient (Wildman–Crippen LogP) is 1.96. The van der Waals surface area contributed by atoms with Crippen molar-refractivity contribution < 1.29 is 9.47 Å². The molecule has 2 aromatic rings. The fraction of sp³-hybridized carbons (Fsp3) is 0.167. The van der Waals surface area contributed by atoms with Crippen LogP contribution in [0.4, 0.5) is 0 Å². The van der Waals surface area contributed by atoms with Crippen molar-refractivity contribution in [1.29, 1.82) is 0 Å². The fourth-order valence-electron chi connectivity index (χ4n) is 1.27. The van der Waals surface area contributed by atoms with Gasteiger partial charge in [-0.25, -0.2) is 0 Å². The highest BCUT2D eigenvalue weighted by Crippen LogP contribution is 2.21. The van der Waals surface area contributed by atoms with Crippen LogP contribution in [0.5, 0.6) is 11.8 Å². The number of aromatic nitrogens is 2. The molecule has 0 aliphatic rings. The van der Waals surface area contributed by atoms with E-state index in [9.17, 15) is 0 Å². The first-order chi connectivity index (χ1) is 7.83. The van der Waals surface area contributed by atoms with Crippen molar-refractivity contribution in [2.75, 3.05) is 14.2 Å². The van der Waals surface area contributed by atoms with Crippen LogP contribution in [-0.2, 0) is 0 Å². The van der Waals surface area contributed by atoms with Gasteiger partial charge in [-0.15, -0.1) is 0 Å². The Kier molecular flexibility index (Phi) is 3.00. The Labute approximate surface area is 93.9 Å². The average molecular weight is 215 g/mol. The zero-order chi connectivity index (χ0) is 11.4. The number of hydrogen-bond acceptors (Lipinski definition) is 4. The molecule has 0 N–H and O–H groups in total. The third-order valence-electron chi connectivity index (χ3n) is 2.06. The van der Waals surface area contributed by atoms with E-state index in [2.05, 4.69) is 16.0 Å². The molecule has 0 aliphatic carbocycles. The summed E-state index contributed by atoms with van der Waals surface area (Å²) in [6.45, 7) is 0. The number of nitrogens with zero attached hydrogens (tertiary/aromatic N) is 2. The molecule has 0 saturated heterocycles. The first kappa shape index (κ1) is 10.4. The molecule has 0 unspecified atom stereocenters. The van der Waals surface area contributed by atoms with Crippen molar-refractivity contribution in [3.8, 4) is 23.1 Å². The van der Waals surface area contributed by atoms with Gasteiger partial charge in [0.15, 0.2) is 5.82 Å². The summed E-state index contributed by atoms with van der Waals surface area (Å²) in [6.07, 6.45) is 0. The lowest BCUT2D eigenvalue weighted by atomic mass is 10.2. The van der Waals surface area contributed by atoms with E-state index >= 15 is 0 Å². The highest BCUT2D eigenvalue weighted by Gasteiger charge is 2.06. The van der Waals surface area contributed by atoms with Crippen LogP contribution in [0, 0.1) is 6.07 Å². The monoisotopic (exact) mass is 215 g/mol. The molecule has 0 bridgehead atoms. The number of hydrogen-bond donors (Lipinski definition) is 0. The topological polar surface area (TPSA) is 44.2 Å². The summed E-state index contributed by atoms with van der Waals surface area (Å²) in [5.74, 6) is 1.52. The van der Waals surface area contributed by atoms with Crippen LogP contribution in [0.2, 0.25) is 0 Å². The molecule has 81 valence electrons. The Bertz CT molecular complexity index is 449. The molecule has 1 aromatic heterocycles. The molecule has 1 heterocycles. The minimum Gasteiger partial charge on any atom is -0.481 e. The van der Waals surface area contributed by atoms with Crippen molar-refractivity contribution >= 4 is 0 Å². The largest absolute Gasteiger partial charge is 0.481 e. The summed E-state index contributed by atoms with van der Waals surface area (Å²) in [5.41, 5.74) is 0.875. The molecular formula is C12H11N2O2. The maximum Gasteiger partial charge on any atom is 0.220 e. The van der Waals surface area contributed by atoms with Gasteiger partial charge in [-0.3, -0.25) is 0 Å². The number of rotatable bonds is 3. The average Bonchev–Trinajstić information content (AvgIpc) is 2.39. The Morgan fingerprint density at radius 3 is 2.31 bits per heavy atom. The highest BCUT2D eigenvalue weighted by molar-refractivity contribution is 5.55. The van der Waals surface area contributed by atoms with Crippen LogP contribution in [0.1, 0.15) is 0 Å². The van der Waals surface area contributed by atoms with E-state index in [0.29, 0.717) is 17.6 Å². The molecule has 1 radical (unpaired) electrons. The van der Waals surface area contributed by atoms with Gasteiger partial charge in [0.05, 0.1) is 20.3 Å². The second-order valence-electron chi connectivity index (χ2n) is 3.07. The van der Waals surface area contributed by atoms with Crippen LogP contribution >= 0.6 is 0 Å². The van der Waals surface area contributed by atoms with Crippen LogP contribution in [0.3, 0.4) is 0 Å². The zero-order valence-corrected chi connectivity index (χ0v) is 9.10. The van der Waals surface area contributed by atoms with Crippen LogP contribution < -0.4 is 9.47 Å². The third-order valence-corrected chi connectivity index (χ3v) is 2.06. The second kappa shape index (κ2) is 4.61. The molecule has 1 aromatic carbocycles. The van der Waals surface area contributed by atoms with Crippen molar-refractivity contribution in [3.63, 3.8) is 0 Å². The molecule has 0 spiro atoms. The van der Waals surface area contributed by atoms with E-state index in [0.717, 1.165) is 5.56 Å². The van der Waals surface area contributed by atoms with Crippen LogP contribution in [-0.4, -0.2) is 24.2 Å². The van der Waals surface area contributed by atoms with Crippen molar-refractivity contribution in [2.24, 2.45) is 0 Å². The quantitative estimate of drug-likeness (QED) is 0.785.